The summed E-state index contributed by atoms with van der Waals surface area (Å²) in [5.41, 5.74) is 2.37. The van der Waals surface area contributed by atoms with Gasteiger partial charge >= 0.3 is 0 Å². The number of benzene rings is 1. The van der Waals surface area contributed by atoms with E-state index in [1.807, 2.05) is 0 Å². The molecule has 3 rings (SSSR count). The van der Waals surface area contributed by atoms with Gasteiger partial charge in [-0.1, -0.05) is 11.6 Å². The van der Waals surface area contributed by atoms with Crippen LogP contribution in [0.1, 0.15) is 15.9 Å². The quantitative estimate of drug-likeness (QED) is 0.802. The fraction of sp³-hybridized carbons (Fsp3) is 0.0714. The standard InChI is InChI=1S/C14H9BrClN3O2/c15-13-8(2-1-3-17-13)14(21)19-11-4-7-5-12(20)18-10(7)6-9(11)16/h1-4,6H,5H2,(H,18,20)(H,19,21). The number of hydrogen-bond acceptors (Lipinski definition) is 3. The maximum Gasteiger partial charge on any atom is 0.258 e. The molecular weight excluding hydrogens is 358 g/mol. The van der Waals surface area contributed by atoms with Crippen molar-refractivity contribution in [3.05, 3.63) is 51.2 Å². The number of nitrogens with zero attached hydrogens (tertiary/aromatic N) is 1. The van der Waals surface area contributed by atoms with E-state index in [4.69, 9.17) is 11.6 Å². The normalized spacial score (nSPS) is 12.8. The first-order valence-electron chi connectivity index (χ1n) is 6.09. The summed E-state index contributed by atoms with van der Waals surface area (Å²) in [5, 5.41) is 5.80. The van der Waals surface area contributed by atoms with Gasteiger partial charge in [-0.2, -0.15) is 0 Å². The minimum absolute atomic E-state index is 0.0838. The molecule has 0 radical (unpaired) electrons. The molecule has 7 heteroatoms. The SMILES string of the molecule is O=C1Cc2cc(NC(=O)c3cccnc3Br)c(Cl)cc2N1. The van der Waals surface area contributed by atoms with Gasteiger partial charge in [0.25, 0.3) is 5.91 Å². The van der Waals surface area contributed by atoms with Crippen LogP contribution in [0.5, 0.6) is 0 Å². The second-order valence-electron chi connectivity index (χ2n) is 4.51. The van der Waals surface area contributed by atoms with Crippen LogP contribution in [0.25, 0.3) is 0 Å². The van der Waals surface area contributed by atoms with Crippen LogP contribution < -0.4 is 10.6 Å². The van der Waals surface area contributed by atoms with Crippen LogP contribution in [-0.4, -0.2) is 16.8 Å². The van der Waals surface area contributed by atoms with Gasteiger partial charge < -0.3 is 10.6 Å². The van der Waals surface area contributed by atoms with Gasteiger partial charge in [-0.05, 0) is 45.8 Å². The van der Waals surface area contributed by atoms with Gasteiger partial charge in [-0.15, -0.1) is 0 Å². The minimum atomic E-state index is -0.325. The fourth-order valence-electron chi connectivity index (χ4n) is 2.09. The summed E-state index contributed by atoms with van der Waals surface area (Å²) in [6.07, 6.45) is 1.87. The molecule has 106 valence electrons. The lowest BCUT2D eigenvalue weighted by molar-refractivity contribution is -0.115. The predicted molar refractivity (Wildman–Crippen MR) is 83.7 cm³/mol. The van der Waals surface area contributed by atoms with Gasteiger partial charge in [0.1, 0.15) is 4.60 Å². The summed E-state index contributed by atoms with van der Waals surface area (Å²) in [6, 6.07) is 6.67. The predicted octanol–water partition coefficient (Wildman–Crippen LogP) is 3.24. The Morgan fingerprint density at radius 2 is 2.24 bits per heavy atom. The third-order valence-corrected chi connectivity index (χ3v) is 4.01. The molecule has 21 heavy (non-hydrogen) atoms. The third kappa shape index (κ3) is 2.77. The zero-order valence-electron chi connectivity index (χ0n) is 10.6. The summed E-state index contributed by atoms with van der Waals surface area (Å²) < 4.78 is 0.455. The third-order valence-electron chi connectivity index (χ3n) is 3.07. The number of hydrogen-bond donors (Lipinski definition) is 2. The van der Waals surface area contributed by atoms with Gasteiger partial charge in [-0.25, -0.2) is 4.98 Å². The van der Waals surface area contributed by atoms with Crippen LogP contribution in [0.3, 0.4) is 0 Å². The minimum Gasteiger partial charge on any atom is -0.325 e. The highest BCUT2D eigenvalue weighted by Gasteiger charge is 2.20. The maximum atomic E-state index is 12.2. The van der Waals surface area contributed by atoms with Crippen molar-refractivity contribution in [3.8, 4) is 0 Å². The number of rotatable bonds is 2. The number of fused-ring (bicyclic) bond motifs is 1. The van der Waals surface area contributed by atoms with E-state index in [-0.39, 0.29) is 18.2 Å². The van der Waals surface area contributed by atoms with E-state index in [2.05, 4.69) is 31.5 Å². The number of carbonyl (C=O) groups excluding carboxylic acids is 2. The highest BCUT2D eigenvalue weighted by Crippen LogP contribution is 2.33. The molecule has 0 spiro atoms. The average molecular weight is 367 g/mol. The Morgan fingerprint density at radius 3 is 3.00 bits per heavy atom. The zero-order valence-corrected chi connectivity index (χ0v) is 13.0. The Hall–Kier alpha value is -1.92. The van der Waals surface area contributed by atoms with E-state index < -0.39 is 0 Å². The zero-order chi connectivity index (χ0) is 15.0. The van der Waals surface area contributed by atoms with Gasteiger partial charge in [-0.3, -0.25) is 9.59 Å². The Labute approximate surface area is 133 Å². The lowest BCUT2D eigenvalue weighted by Crippen LogP contribution is -2.13. The Balaban J connectivity index is 1.89. The van der Waals surface area contributed by atoms with Crippen LogP contribution in [0, 0.1) is 0 Å². The highest BCUT2D eigenvalue weighted by atomic mass is 79.9. The summed E-state index contributed by atoms with van der Waals surface area (Å²) in [7, 11) is 0. The van der Waals surface area contributed by atoms with Crippen molar-refractivity contribution in [3.63, 3.8) is 0 Å². The van der Waals surface area contributed by atoms with Crippen LogP contribution in [0.15, 0.2) is 35.1 Å². The van der Waals surface area contributed by atoms with Crippen molar-refractivity contribution in [1.82, 2.24) is 4.98 Å². The summed E-state index contributed by atoms with van der Waals surface area (Å²) in [4.78, 5) is 27.6. The van der Waals surface area contributed by atoms with E-state index in [0.717, 1.165) is 5.56 Å². The number of nitrogens with one attached hydrogen (secondary N) is 2. The molecule has 1 aromatic heterocycles. The largest absolute Gasteiger partial charge is 0.325 e. The molecule has 0 fully saturated rings. The Bertz CT molecular complexity index is 764. The van der Waals surface area contributed by atoms with Gasteiger partial charge in [0, 0.05) is 11.9 Å². The Morgan fingerprint density at radius 1 is 1.43 bits per heavy atom. The van der Waals surface area contributed by atoms with Crippen LogP contribution >= 0.6 is 27.5 Å². The molecule has 5 nitrogen and oxygen atoms in total. The monoisotopic (exact) mass is 365 g/mol. The lowest BCUT2D eigenvalue weighted by atomic mass is 10.1. The maximum absolute atomic E-state index is 12.2. The van der Waals surface area contributed by atoms with Crippen molar-refractivity contribution >= 4 is 50.7 Å². The second-order valence-corrected chi connectivity index (χ2v) is 5.67. The molecule has 2 N–H and O–H groups in total. The first kappa shape index (κ1) is 14.0. The summed E-state index contributed by atoms with van der Waals surface area (Å²) in [6.45, 7) is 0. The van der Waals surface area contributed by atoms with Crippen molar-refractivity contribution < 1.29 is 9.59 Å². The lowest BCUT2D eigenvalue weighted by Gasteiger charge is -2.10. The topological polar surface area (TPSA) is 71.1 Å². The molecule has 0 atom stereocenters. The van der Waals surface area contributed by atoms with Gasteiger partial charge in [0.05, 0.1) is 22.7 Å². The number of carbonyl (C=O) groups is 2. The molecule has 1 aromatic carbocycles. The highest BCUT2D eigenvalue weighted by molar-refractivity contribution is 9.10. The van der Waals surface area contributed by atoms with E-state index in [9.17, 15) is 9.59 Å². The molecular formula is C14H9BrClN3O2. The smallest absolute Gasteiger partial charge is 0.258 e. The number of anilines is 2. The molecule has 1 aliphatic rings. The second kappa shape index (κ2) is 5.46. The van der Waals surface area contributed by atoms with Crippen LogP contribution in [0.4, 0.5) is 11.4 Å². The number of amides is 2. The molecule has 0 saturated carbocycles. The first-order chi connectivity index (χ1) is 10.0. The number of aromatic nitrogens is 1. The molecule has 0 bridgehead atoms. The van der Waals surface area contributed by atoms with Crippen molar-refractivity contribution in [2.45, 2.75) is 6.42 Å². The summed E-state index contributed by atoms with van der Waals surface area (Å²) >= 11 is 9.36. The number of halogens is 2. The van der Waals surface area contributed by atoms with E-state index in [0.29, 0.717) is 26.6 Å². The van der Waals surface area contributed by atoms with Crippen LogP contribution in [0.2, 0.25) is 5.02 Å². The van der Waals surface area contributed by atoms with E-state index >= 15 is 0 Å². The number of pyridine rings is 1. The van der Waals surface area contributed by atoms with Crippen LogP contribution in [-0.2, 0) is 11.2 Å². The van der Waals surface area contributed by atoms with Crippen molar-refractivity contribution in [2.24, 2.45) is 0 Å². The average Bonchev–Trinajstić information content (AvgIpc) is 2.78. The van der Waals surface area contributed by atoms with Gasteiger partial charge in [0.15, 0.2) is 0 Å². The van der Waals surface area contributed by atoms with Crippen molar-refractivity contribution in [2.75, 3.05) is 10.6 Å². The van der Waals surface area contributed by atoms with Gasteiger partial charge in [0.2, 0.25) is 5.91 Å². The molecule has 2 amide bonds. The fourth-order valence-corrected chi connectivity index (χ4v) is 2.73. The molecule has 2 heterocycles. The first-order valence-corrected chi connectivity index (χ1v) is 7.26. The molecule has 2 aromatic rings. The molecule has 0 unspecified atom stereocenters. The van der Waals surface area contributed by atoms with E-state index in [1.165, 1.54) is 0 Å². The molecule has 0 aliphatic carbocycles. The van der Waals surface area contributed by atoms with E-state index in [1.54, 1.807) is 30.5 Å². The van der Waals surface area contributed by atoms with Crippen molar-refractivity contribution in [1.29, 1.82) is 0 Å². The summed E-state index contributed by atoms with van der Waals surface area (Å²) in [5.74, 6) is -0.409. The molecule has 1 aliphatic heterocycles. The molecule has 0 saturated heterocycles. The Kier molecular flexibility index (Phi) is 3.65.